The van der Waals surface area contributed by atoms with Crippen molar-refractivity contribution in [1.82, 2.24) is 0 Å². The predicted molar refractivity (Wildman–Crippen MR) is 46.0 cm³/mol. The van der Waals surface area contributed by atoms with Gasteiger partial charge in [-0.15, -0.1) is 0 Å². The van der Waals surface area contributed by atoms with Gasteiger partial charge >= 0.3 is 120 Å². The Bertz CT molecular complexity index is 29.7. The van der Waals surface area contributed by atoms with Crippen molar-refractivity contribution in [2.45, 2.75) is 0 Å². The second-order valence-electron chi connectivity index (χ2n) is 0.264. The first-order valence-corrected chi connectivity index (χ1v) is 22.9. The zero-order valence-electron chi connectivity index (χ0n) is 3.99. The van der Waals surface area contributed by atoms with Crippen LogP contribution in [0.15, 0.2) is 0 Å². The summed E-state index contributed by atoms with van der Waals surface area (Å²) in [6.45, 7) is 0. The summed E-state index contributed by atoms with van der Waals surface area (Å²) in [6.07, 6.45) is 1.00. The molecule has 0 fully saturated rings. The average Bonchev–Trinajstić information content (AvgIpc) is 1.39. The molecule has 0 aliphatic rings. The van der Waals surface area contributed by atoms with Gasteiger partial charge in [-0.1, -0.05) is 0 Å². The summed E-state index contributed by atoms with van der Waals surface area (Å²) in [7, 11) is 0. The van der Waals surface area contributed by atoms with E-state index in [-0.39, 0.29) is 84.5 Å². The van der Waals surface area contributed by atoms with Gasteiger partial charge in [-0.3, -0.25) is 11.1 Å². The van der Waals surface area contributed by atoms with Crippen LogP contribution in [-0.2, 0) is 0 Å². The first-order valence-electron chi connectivity index (χ1n) is 1.04. The van der Waals surface area contributed by atoms with Gasteiger partial charge in [-0.2, -0.15) is 0 Å². The van der Waals surface area contributed by atoms with Gasteiger partial charge in [-0.05, 0) is 0 Å². The number of halogens is 2. The summed E-state index contributed by atoms with van der Waals surface area (Å²) in [5.74, 6) is 0. The molecule has 0 spiro atoms. The Hall–Kier alpha value is 3.90. The maximum absolute atomic E-state index is 4.50. The second kappa shape index (κ2) is 22.5. The fraction of sp³-hybridized carbons (Fsp3) is 0. The van der Waals surface area contributed by atoms with Crippen molar-refractivity contribution in [1.29, 1.82) is 0 Å². The molecule has 6 heteroatoms. The first-order chi connectivity index (χ1) is 2.83. The number of rotatable bonds is 0. The van der Waals surface area contributed by atoms with Gasteiger partial charge in [0.05, 0.1) is 0 Å². The molecule has 0 aliphatic heterocycles. The molecule has 4 N–H and O–H groups in total. The van der Waals surface area contributed by atoms with E-state index in [1.165, 1.54) is 0 Å². The minimum absolute atomic E-state index is 0. The molecule has 0 saturated carbocycles. The van der Waals surface area contributed by atoms with Crippen LogP contribution >= 0.6 is 35.5 Å². The van der Waals surface area contributed by atoms with Gasteiger partial charge in [0.1, 0.15) is 0 Å². The number of nitrogens with two attached hydrogens (primary N) is 2. The zero-order chi connectivity index (χ0) is 5.41. The Kier molecular flexibility index (Phi) is 55.1. The van der Waals surface area contributed by atoms with Crippen molar-refractivity contribution in [2.24, 2.45) is 5.73 Å². The van der Waals surface area contributed by atoms with Crippen LogP contribution in [0.5, 0.6) is 0 Å². The molecule has 0 bridgehead atoms. The molecule has 0 unspecified atom stereocenters. The standard InChI is InChI=1S/CH4N2.Cs.2HI.Pb/c2-1-3;;;;/h1H,(H3,2,3);;2*1H;/q;+1;;;+2/p-1. The van der Waals surface area contributed by atoms with Crippen LogP contribution in [0.4, 0.5) is 0 Å². The van der Waals surface area contributed by atoms with E-state index in [0.29, 0.717) is 0 Å². The van der Waals surface area contributed by atoms with Gasteiger partial charge in [0, 0.05) is 0 Å². The first kappa shape index (κ1) is 17.1. The molecule has 0 aromatic heterocycles. The fourth-order valence-corrected chi connectivity index (χ4v) is 0. The van der Waals surface area contributed by atoms with Crippen molar-refractivity contribution in [2.75, 3.05) is 0 Å². The van der Waals surface area contributed by atoms with E-state index in [1.54, 1.807) is 0 Å². The summed E-state index contributed by atoms with van der Waals surface area (Å²) in [4.78, 5) is 0. The summed E-state index contributed by atoms with van der Waals surface area (Å²) in [5, 5.41) is 4.50. The third-order valence-corrected chi connectivity index (χ3v) is 0. The van der Waals surface area contributed by atoms with E-state index in [1.807, 2.05) is 0 Å². The van der Waals surface area contributed by atoms with Crippen molar-refractivity contribution in [3.8, 4) is 0 Å². The molecule has 0 rings (SSSR count). The molecule has 0 amide bonds. The molecular weight excluding hydrogens is 634 g/mol. The number of hydrogen-bond acceptors (Lipinski definition) is 0. The number of hydrogen-bond donors (Lipinski definition) is 2. The fourth-order valence-electron chi connectivity index (χ4n) is 0. The van der Waals surface area contributed by atoms with Crippen molar-refractivity contribution >= 4 is 57.5 Å². The van der Waals surface area contributed by atoms with Crippen LogP contribution in [0.1, 0.15) is 0 Å². The molecular formula is CH5CsI2N2Pb+2. The van der Waals surface area contributed by atoms with Crippen molar-refractivity contribution in [3.05, 3.63) is 0 Å². The maximum atomic E-state index is 4.50. The van der Waals surface area contributed by atoms with Gasteiger partial charge < -0.3 is 0 Å². The summed E-state index contributed by atoms with van der Waals surface area (Å²) >= 11 is 4.96. The minimum atomic E-state index is 0. The van der Waals surface area contributed by atoms with Crippen LogP contribution in [0, 0.1) is 0 Å². The van der Waals surface area contributed by atoms with Crippen LogP contribution in [0.25, 0.3) is 0 Å². The third kappa shape index (κ3) is 40.6. The van der Waals surface area contributed by atoms with Crippen molar-refractivity contribution < 1.29 is 74.3 Å². The van der Waals surface area contributed by atoms with E-state index >= 15 is 0 Å². The molecule has 0 aliphatic carbocycles. The third-order valence-electron chi connectivity index (χ3n) is 0. The van der Waals surface area contributed by atoms with Crippen LogP contribution in [-0.4, -0.2) is 22.0 Å². The quantitative estimate of drug-likeness (QED) is 0.121. The van der Waals surface area contributed by atoms with E-state index in [2.05, 4.69) is 46.7 Å². The van der Waals surface area contributed by atoms with E-state index in [0.717, 1.165) is 6.34 Å². The predicted octanol–water partition coefficient (Wildman–Crippen LogP) is -3.87. The molecule has 7 heavy (non-hydrogen) atoms. The molecule has 0 aromatic carbocycles. The topological polar surface area (TPSA) is 51.6 Å². The molecule has 36 valence electrons. The normalized spacial score (nSPS) is 4.29. The Morgan fingerprint density at radius 2 is 1.57 bits per heavy atom. The summed E-state index contributed by atoms with van der Waals surface area (Å²) in [6, 6.07) is 0. The van der Waals surface area contributed by atoms with E-state index < -0.39 is 0 Å². The van der Waals surface area contributed by atoms with Gasteiger partial charge in [0.25, 0.3) is 0 Å². The zero-order valence-corrected chi connectivity index (χ0v) is 18.5. The average molecular weight is 639 g/mol. The molecule has 0 saturated heterocycles. The van der Waals surface area contributed by atoms with E-state index in [9.17, 15) is 0 Å². The molecule has 2 nitrogen and oxygen atoms in total. The van der Waals surface area contributed by atoms with Crippen molar-refractivity contribution in [3.63, 3.8) is 0 Å². The van der Waals surface area contributed by atoms with Gasteiger partial charge in [-0.25, -0.2) is 0 Å². The molecule has 2 radical (unpaired) electrons. The van der Waals surface area contributed by atoms with Crippen LogP contribution < -0.4 is 80.0 Å². The Morgan fingerprint density at radius 1 is 1.57 bits per heavy atom. The second-order valence-corrected chi connectivity index (χ2v) is 28.4. The SMILES string of the molecule is NC=[NH2+].[Cs+].[I][Pb][I]. The monoisotopic (exact) mass is 640 g/mol. The van der Waals surface area contributed by atoms with Gasteiger partial charge in [0.2, 0.25) is 6.34 Å². The van der Waals surface area contributed by atoms with E-state index in [4.69, 9.17) is 0 Å². The molecule has 0 aromatic rings. The Balaban J connectivity index is -0.0000000400. The summed E-state index contributed by atoms with van der Waals surface area (Å²) in [5.41, 5.74) is 4.50. The van der Waals surface area contributed by atoms with Gasteiger partial charge in [0.15, 0.2) is 0 Å². The molecule has 0 heterocycles. The van der Waals surface area contributed by atoms with Crippen LogP contribution in [0.3, 0.4) is 0 Å². The Morgan fingerprint density at radius 3 is 1.57 bits per heavy atom. The summed E-state index contributed by atoms with van der Waals surface area (Å²) < 4.78 is 0. The van der Waals surface area contributed by atoms with Crippen LogP contribution in [0.2, 0.25) is 0 Å². The molecule has 0 atom stereocenters. The Labute approximate surface area is 133 Å².